The summed E-state index contributed by atoms with van der Waals surface area (Å²) < 4.78 is 23.5. The first-order chi connectivity index (χ1) is 10.8. The van der Waals surface area contributed by atoms with Gasteiger partial charge in [-0.2, -0.15) is 0 Å². The normalized spacial score (nSPS) is 10.9. The molecule has 0 fully saturated rings. The maximum absolute atomic E-state index is 12.3. The third-order valence-corrected chi connectivity index (χ3v) is 4.32. The van der Waals surface area contributed by atoms with Crippen LogP contribution < -0.4 is 10.6 Å². The molecule has 0 bridgehead atoms. The number of carbonyl (C=O) groups is 2. The molecule has 7 heteroatoms. The minimum absolute atomic E-state index is 0.0283. The number of benzene rings is 2. The number of sulfone groups is 1. The Kier molecular flexibility index (Phi) is 4.80. The fourth-order valence-electron chi connectivity index (χ4n) is 2.03. The lowest BCUT2D eigenvalue weighted by atomic mass is 10.1. The van der Waals surface area contributed by atoms with Crippen molar-refractivity contribution >= 4 is 27.3 Å². The van der Waals surface area contributed by atoms with E-state index in [1.807, 2.05) is 0 Å². The average molecular weight is 332 g/mol. The van der Waals surface area contributed by atoms with Crippen LogP contribution in [-0.4, -0.2) is 33.5 Å². The molecule has 2 amide bonds. The monoisotopic (exact) mass is 332 g/mol. The molecule has 0 unspecified atom stereocenters. The molecule has 2 aromatic rings. The molecule has 120 valence electrons. The van der Waals surface area contributed by atoms with Crippen LogP contribution in [0.25, 0.3) is 0 Å². The van der Waals surface area contributed by atoms with Crippen molar-refractivity contribution < 1.29 is 18.0 Å². The van der Waals surface area contributed by atoms with E-state index in [2.05, 4.69) is 10.6 Å². The predicted octanol–water partition coefficient (Wildman–Crippen LogP) is 1.70. The minimum atomic E-state index is -3.51. The quantitative estimate of drug-likeness (QED) is 0.891. The summed E-state index contributed by atoms with van der Waals surface area (Å²) in [6, 6.07) is 12.3. The van der Waals surface area contributed by atoms with Crippen LogP contribution in [0.1, 0.15) is 20.7 Å². The van der Waals surface area contributed by atoms with Crippen molar-refractivity contribution in [3.05, 3.63) is 59.7 Å². The van der Waals surface area contributed by atoms with E-state index in [0.717, 1.165) is 6.26 Å². The summed E-state index contributed by atoms with van der Waals surface area (Å²) in [5.74, 6) is -0.760. The Morgan fingerprint density at radius 3 is 2.09 bits per heavy atom. The van der Waals surface area contributed by atoms with Gasteiger partial charge in [0.05, 0.1) is 10.5 Å². The van der Waals surface area contributed by atoms with Crippen LogP contribution in [0.5, 0.6) is 0 Å². The van der Waals surface area contributed by atoms with E-state index in [1.54, 1.807) is 36.4 Å². The van der Waals surface area contributed by atoms with E-state index in [9.17, 15) is 18.0 Å². The summed E-state index contributed by atoms with van der Waals surface area (Å²) >= 11 is 0. The maximum Gasteiger partial charge on any atom is 0.256 e. The van der Waals surface area contributed by atoms with Crippen molar-refractivity contribution in [1.29, 1.82) is 0 Å². The Hall–Kier alpha value is -2.67. The molecule has 0 heterocycles. The molecule has 0 saturated carbocycles. The Morgan fingerprint density at radius 2 is 1.52 bits per heavy atom. The molecule has 6 nitrogen and oxygen atoms in total. The van der Waals surface area contributed by atoms with Gasteiger partial charge < -0.3 is 10.6 Å². The van der Waals surface area contributed by atoms with Gasteiger partial charge in [0.15, 0.2) is 9.84 Å². The molecule has 0 aliphatic rings. The van der Waals surface area contributed by atoms with E-state index in [4.69, 9.17) is 0 Å². The van der Waals surface area contributed by atoms with E-state index < -0.39 is 15.7 Å². The topological polar surface area (TPSA) is 92.3 Å². The highest BCUT2D eigenvalue weighted by atomic mass is 32.2. The van der Waals surface area contributed by atoms with Crippen LogP contribution in [0.3, 0.4) is 0 Å². The summed E-state index contributed by atoms with van der Waals surface area (Å²) in [6.45, 7) is 0. The molecule has 2 aromatic carbocycles. The second kappa shape index (κ2) is 6.62. The molecule has 0 atom stereocenters. The highest BCUT2D eigenvalue weighted by Gasteiger charge is 2.18. The van der Waals surface area contributed by atoms with Crippen LogP contribution in [0.2, 0.25) is 0 Å². The Labute approximate surface area is 134 Å². The van der Waals surface area contributed by atoms with Crippen molar-refractivity contribution in [3.8, 4) is 0 Å². The summed E-state index contributed by atoms with van der Waals surface area (Å²) in [6.07, 6.45) is 1.05. The van der Waals surface area contributed by atoms with Gasteiger partial charge in [0.25, 0.3) is 11.8 Å². The molecule has 0 aliphatic carbocycles. The smallest absolute Gasteiger partial charge is 0.256 e. The zero-order valence-corrected chi connectivity index (χ0v) is 13.5. The summed E-state index contributed by atoms with van der Waals surface area (Å²) in [5.41, 5.74) is 0.998. The van der Waals surface area contributed by atoms with Gasteiger partial charge in [0.1, 0.15) is 0 Å². The highest BCUT2D eigenvalue weighted by molar-refractivity contribution is 7.90. The van der Waals surface area contributed by atoms with Gasteiger partial charge >= 0.3 is 0 Å². The zero-order chi connectivity index (χ0) is 17.0. The van der Waals surface area contributed by atoms with E-state index in [0.29, 0.717) is 11.3 Å². The number of nitrogens with one attached hydrogen (secondary N) is 2. The molecule has 0 radical (unpaired) electrons. The molecular weight excluding hydrogens is 316 g/mol. The van der Waals surface area contributed by atoms with Crippen LogP contribution in [0, 0.1) is 0 Å². The van der Waals surface area contributed by atoms with Gasteiger partial charge in [-0.25, -0.2) is 8.42 Å². The van der Waals surface area contributed by atoms with Crippen molar-refractivity contribution in [2.75, 3.05) is 18.6 Å². The van der Waals surface area contributed by atoms with Crippen molar-refractivity contribution in [3.63, 3.8) is 0 Å². The van der Waals surface area contributed by atoms with Crippen LogP contribution >= 0.6 is 0 Å². The second-order valence-corrected chi connectivity index (χ2v) is 6.86. The molecule has 0 aromatic heterocycles. The molecule has 23 heavy (non-hydrogen) atoms. The molecule has 0 spiro atoms. The molecule has 2 N–H and O–H groups in total. The van der Waals surface area contributed by atoms with Crippen LogP contribution in [0.4, 0.5) is 5.69 Å². The number of hydrogen-bond donors (Lipinski definition) is 2. The zero-order valence-electron chi connectivity index (χ0n) is 12.7. The SMILES string of the molecule is CNC(=O)c1ccc(NC(=O)c2ccccc2S(C)(=O)=O)cc1. The molecule has 0 aliphatic heterocycles. The number of anilines is 1. The molecular formula is C16H16N2O4S. The summed E-state index contributed by atoms with van der Waals surface area (Å²) in [4.78, 5) is 23.7. The van der Waals surface area contributed by atoms with Crippen LogP contribution in [-0.2, 0) is 9.84 Å². The van der Waals surface area contributed by atoms with Crippen LogP contribution in [0.15, 0.2) is 53.4 Å². The lowest BCUT2D eigenvalue weighted by Gasteiger charge is -2.09. The molecule has 2 rings (SSSR count). The summed E-state index contributed by atoms with van der Waals surface area (Å²) in [7, 11) is -1.98. The fraction of sp³-hybridized carbons (Fsp3) is 0.125. The average Bonchev–Trinajstić information content (AvgIpc) is 2.54. The minimum Gasteiger partial charge on any atom is -0.355 e. The molecule has 0 saturated heterocycles. The van der Waals surface area contributed by atoms with Gasteiger partial charge in [-0.05, 0) is 36.4 Å². The Balaban J connectivity index is 2.25. The number of hydrogen-bond acceptors (Lipinski definition) is 4. The Morgan fingerprint density at radius 1 is 0.913 bits per heavy atom. The third-order valence-electron chi connectivity index (χ3n) is 3.16. The van der Waals surface area contributed by atoms with E-state index in [1.165, 1.54) is 19.2 Å². The number of rotatable bonds is 4. The lowest BCUT2D eigenvalue weighted by molar-refractivity contribution is 0.0962. The first-order valence-electron chi connectivity index (χ1n) is 6.75. The largest absolute Gasteiger partial charge is 0.355 e. The summed E-state index contributed by atoms with van der Waals surface area (Å²) in [5, 5.41) is 5.12. The van der Waals surface area contributed by atoms with Crippen molar-refractivity contribution in [1.82, 2.24) is 5.32 Å². The third kappa shape index (κ3) is 3.95. The number of amides is 2. The standard InChI is InChI=1S/C16H16N2O4S/c1-17-15(19)11-7-9-12(10-8-11)18-16(20)13-5-3-4-6-14(13)23(2,21)22/h3-10H,1-2H3,(H,17,19)(H,18,20). The predicted molar refractivity (Wildman–Crippen MR) is 87.3 cm³/mol. The van der Waals surface area contributed by atoms with Gasteiger partial charge in [0.2, 0.25) is 0 Å². The first-order valence-corrected chi connectivity index (χ1v) is 8.64. The lowest BCUT2D eigenvalue weighted by Crippen LogP contribution is -2.18. The first kappa shape index (κ1) is 16.7. The van der Waals surface area contributed by atoms with Gasteiger partial charge in [-0.15, -0.1) is 0 Å². The van der Waals surface area contributed by atoms with Gasteiger partial charge in [0, 0.05) is 24.6 Å². The maximum atomic E-state index is 12.3. The van der Waals surface area contributed by atoms with E-state index in [-0.39, 0.29) is 16.4 Å². The fourth-order valence-corrected chi connectivity index (χ4v) is 2.91. The van der Waals surface area contributed by atoms with Crippen molar-refractivity contribution in [2.24, 2.45) is 0 Å². The Bertz CT molecular complexity index is 843. The van der Waals surface area contributed by atoms with Gasteiger partial charge in [-0.1, -0.05) is 12.1 Å². The highest BCUT2D eigenvalue weighted by Crippen LogP contribution is 2.17. The van der Waals surface area contributed by atoms with Crippen molar-refractivity contribution in [2.45, 2.75) is 4.90 Å². The second-order valence-electron chi connectivity index (χ2n) is 4.88. The number of carbonyl (C=O) groups excluding carboxylic acids is 2. The van der Waals surface area contributed by atoms with E-state index >= 15 is 0 Å². The van der Waals surface area contributed by atoms with Gasteiger partial charge in [-0.3, -0.25) is 9.59 Å².